The molecule has 0 N–H and O–H groups in total. The summed E-state index contributed by atoms with van der Waals surface area (Å²) in [4.78, 5) is 0. The minimum absolute atomic E-state index is 0.953. The average molecular weight is 122 g/mol. The predicted octanol–water partition coefficient (Wildman–Crippen LogP) is 2.76. The van der Waals surface area contributed by atoms with E-state index in [4.69, 9.17) is 0 Å². The molecule has 0 aliphatic rings. The van der Waals surface area contributed by atoms with E-state index in [1.807, 2.05) is 6.92 Å². The number of allylic oxidation sites excluding steroid dienone is 2. The molecule has 0 amide bonds. The molecule has 0 aliphatic carbocycles. The zero-order valence-corrected chi connectivity index (χ0v) is 6.49. The first kappa shape index (κ1) is 8.30. The summed E-state index contributed by atoms with van der Waals surface area (Å²) in [5.41, 5.74) is 1.19. The van der Waals surface area contributed by atoms with Gasteiger partial charge in [0.25, 0.3) is 0 Å². The van der Waals surface area contributed by atoms with Gasteiger partial charge < -0.3 is 0 Å². The van der Waals surface area contributed by atoms with Gasteiger partial charge >= 0.3 is 0 Å². The Morgan fingerprint density at radius 3 is 2.56 bits per heavy atom. The van der Waals surface area contributed by atoms with E-state index < -0.39 is 0 Å². The summed E-state index contributed by atoms with van der Waals surface area (Å²) in [5.74, 6) is 6.06. The van der Waals surface area contributed by atoms with Crippen LogP contribution in [-0.2, 0) is 0 Å². The van der Waals surface area contributed by atoms with Gasteiger partial charge in [-0.3, -0.25) is 0 Å². The predicted molar refractivity (Wildman–Crippen MR) is 42.1 cm³/mol. The summed E-state index contributed by atoms with van der Waals surface area (Å²) in [7, 11) is 0. The maximum absolute atomic E-state index is 3.04. The van der Waals surface area contributed by atoms with Gasteiger partial charge in [-0.2, -0.15) is 0 Å². The van der Waals surface area contributed by atoms with Crippen LogP contribution in [0.3, 0.4) is 0 Å². The topological polar surface area (TPSA) is 0 Å². The van der Waals surface area contributed by atoms with Gasteiger partial charge in [-0.05, 0) is 18.9 Å². The molecule has 0 atom stereocenters. The highest BCUT2D eigenvalue weighted by atomic mass is 13.8. The molecule has 0 aromatic rings. The fourth-order valence-corrected chi connectivity index (χ4v) is 0.585. The van der Waals surface area contributed by atoms with Gasteiger partial charge in [0.15, 0.2) is 0 Å². The Hall–Kier alpha value is -0.700. The van der Waals surface area contributed by atoms with E-state index >= 15 is 0 Å². The van der Waals surface area contributed by atoms with E-state index in [-0.39, 0.29) is 0 Å². The minimum atomic E-state index is 0.953. The Labute approximate surface area is 58.0 Å². The van der Waals surface area contributed by atoms with Crippen molar-refractivity contribution in [1.82, 2.24) is 0 Å². The van der Waals surface area contributed by atoms with E-state index in [2.05, 4.69) is 31.8 Å². The molecule has 0 nitrogen and oxygen atoms in total. The monoisotopic (exact) mass is 122 g/mol. The molecule has 0 heteroatoms. The van der Waals surface area contributed by atoms with Gasteiger partial charge in [-0.15, -0.1) is 0 Å². The van der Waals surface area contributed by atoms with Crippen LogP contribution in [0.5, 0.6) is 0 Å². The van der Waals surface area contributed by atoms with Crippen molar-refractivity contribution in [1.29, 1.82) is 0 Å². The van der Waals surface area contributed by atoms with E-state index in [1.165, 1.54) is 5.57 Å². The molecular formula is C9H14. The largest absolute Gasteiger partial charge is 0.0985 e. The zero-order valence-electron chi connectivity index (χ0n) is 6.49. The molecule has 9 heavy (non-hydrogen) atoms. The van der Waals surface area contributed by atoms with Gasteiger partial charge in [0.2, 0.25) is 0 Å². The molecule has 0 fully saturated rings. The van der Waals surface area contributed by atoms with Crippen molar-refractivity contribution in [2.24, 2.45) is 0 Å². The van der Waals surface area contributed by atoms with Crippen LogP contribution < -0.4 is 0 Å². The molecule has 0 heterocycles. The first-order valence-corrected chi connectivity index (χ1v) is 3.46. The van der Waals surface area contributed by atoms with Gasteiger partial charge in [0.05, 0.1) is 0 Å². The molecule has 0 rings (SSSR count). The quantitative estimate of drug-likeness (QED) is 0.469. The van der Waals surface area contributed by atoms with E-state index in [0.717, 1.165) is 12.8 Å². The SMILES string of the molecule is CCC#CC(C)=CCC. The van der Waals surface area contributed by atoms with Crippen LogP contribution in [0.15, 0.2) is 11.6 Å². The van der Waals surface area contributed by atoms with Crippen LogP contribution in [0.1, 0.15) is 33.6 Å². The molecule has 0 aliphatic heterocycles. The highest BCUT2D eigenvalue weighted by molar-refractivity contribution is 5.25. The van der Waals surface area contributed by atoms with Crippen molar-refractivity contribution in [3.05, 3.63) is 11.6 Å². The Morgan fingerprint density at radius 2 is 2.11 bits per heavy atom. The Bertz CT molecular complexity index is 141. The number of hydrogen-bond acceptors (Lipinski definition) is 0. The fraction of sp³-hybridized carbons (Fsp3) is 0.556. The van der Waals surface area contributed by atoms with E-state index in [1.54, 1.807) is 0 Å². The third-order valence-electron chi connectivity index (χ3n) is 0.973. The Balaban J connectivity index is 3.74. The zero-order chi connectivity index (χ0) is 7.11. The van der Waals surface area contributed by atoms with Crippen LogP contribution in [0, 0.1) is 11.8 Å². The molecule has 0 spiro atoms. The summed E-state index contributed by atoms with van der Waals surface area (Å²) >= 11 is 0. The summed E-state index contributed by atoms with van der Waals surface area (Å²) in [6, 6.07) is 0. The maximum atomic E-state index is 3.04. The molecule has 0 bridgehead atoms. The van der Waals surface area contributed by atoms with Crippen molar-refractivity contribution in [2.75, 3.05) is 0 Å². The van der Waals surface area contributed by atoms with Crippen LogP contribution in [0.25, 0.3) is 0 Å². The minimum Gasteiger partial charge on any atom is -0.0985 e. The fourth-order valence-electron chi connectivity index (χ4n) is 0.585. The van der Waals surface area contributed by atoms with Crippen LogP contribution >= 0.6 is 0 Å². The maximum Gasteiger partial charge on any atom is 0.00638 e. The van der Waals surface area contributed by atoms with Crippen molar-refractivity contribution in [3.8, 4) is 11.8 Å². The van der Waals surface area contributed by atoms with E-state index in [9.17, 15) is 0 Å². The van der Waals surface area contributed by atoms with Crippen LogP contribution in [0.4, 0.5) is 0 Å². The smallest absolute Gasteiger partial charge is 0.00638 e. The first-order valence-electron chi connectivity index (χ1n) is 3.46. The van der Waals surface area contributed by atoms with Crippen molar-refractivity contribution in [3.63, 3.8) is 0 Å². The van der Waals surface area contributed by atoms with Gasteiger partial charge in [-0.25, -0.2) is 0 Å². The molecule has 0 saturated carbocycles. The summed E-state index contributed by atoms with van der Waals surface area (Å²) in [6.45, 7) is 6.23. The second-order valence-electron chi connectivity index (χ2n) is 1.95. The Morgan fingerprint density at radius 1 is 1.44 bits per heavy atom. The lowest BCUT2D eigenvalue weighted by Gasteiger charge is -1.82. The third kappa shape index (κ3) is 5.17. The lowest BCUT2D eigenvalue weighted by atomic mass is 10.2. The highest BCUT2D eigenvalue weighted by Crippen LogP contribution is 1.91. The molecular weight excluding hydrogens is 108 g/mol. The van der Waals surface area contributed by atoms with Crippen molar-refractivity contribution >= 4 is 0 Å². The average Bonchev–Trinajstić information content (AvgIpc) is 1.85. The van der Waals surface area contributed by atoms with Gasteiger partial charge in [0.1, 0.15) is 0 Å². The van der Waals surface area contributed by atoms with Crippen LogP contribution in [0.2, 0.25) is 0 Å². The second-order valence-corrected chi connectivity index (χ2v) is 1.95. The molecule has 0 radical (unpaired) electrons. The normalized spacial score (nSPS) is 10.3. The van der Waals surface area contributed by atoms with Gasteiger partial charge in [0, 0.05) is 6.42 Å². The number of rotatable bonds is 1. The third-order valence-corrected chi connectivity index (χ3v) is 0.973. The van der Waals surface area contributed by atoms with Crippen molar-refractivity contribution in [2.45, 2.75) is 33.6 Å². The molecule has 0 unspecified atom stereocenters. The standard InChI is InChI=1S/C9H14/c1-4-6-8-9(3)7-5-2/h7H,4-5H2,1-3H3. The second kappa shape index (κ2) is 5.44. The van der Waals surface area contributed by atoms with Crippen LogP contribution in [-0.4, -0.2) is 0 Å². The van der Waals surface area contributed by atoms with Gasteiger partial charge in [-0.1, -0.05) is 31.8 Å². The molecule has 0 saturated heterocycles. The summed E-state index contributed by atoms with van der Waals surface area (Å²) in [6.07, 6.45) is 4.18. The molecule has 50 valence electrons. The lowest BCUT2D eigenvalue weighted by Crippen LogP contribution is -1.66. The number of hydrogen-bond donors (Lipinski definition) is 0. The highest BCUT2D eigenvalue weighted by Gasteiger charge is 1.74. The van der Waals surface area contributed by atoms with E-state index in [0.29, 0.717) is 0 Å². The molecule has 0 aromatic heterocycles. The molecule has 0 aromatic carbocycles. The Kier molecular flexibility index (Phi) is 5.01. The first-order chi connectivity index (χ1) is 4.31. The van der Waals surface area contributed by atoms with Crippen molar-refractivity contribution < 1.29 is 0 Å². The lowest BCUT2D eigenvalue weighted by molar-refractivity contribution is 1.20. The summed E-state index contributed by atoms with van der Waals surface area (Å²) in [5, 5.41) is 0. The summed E-state index contributed by atoms with van der Waals surface area (Å²) < 4.78 is 0.